The van der Waals surface area contributed by atoms with Crippen LogP contribution in [0, 0.1) is 11.6 Å². The molecule has 4 nitrogen and oxygen atoms in total. The van der Waals surface area contributed by atoms with E-state index in [0.29, 0.717) is 13.0 Å². The Morgan fingerprint density at radius 3 is 2.41 bits per heavy atom. The summed E-state index contributed by atoms with van der Waals surface area (Å²) in [4.78, 5) is 15.4. The Bertz CT molecular complexity index is 759. The van der Waals surface area contributed by atoms with Crippen molar-refractivity contribution in [1.82, 2.24) is 4.90 Å². The molecule has 27 heavy (non-hydrogen) atoms. The second-order valence-electron chi connectivity index (χ2n) is 6.94. The van der Waals surface area contributed by atoms with E-state index in [2.05, 4.69) is 4.90 Å². The van der Waals surface area contributed by atoms with Crippen molar-refractivity contribution in [2.45, 2.75) is 25.3 Å². The lowest BCUT2D eigenvalue weighted by molar-refractivity contribution is -0.139. The van der Waals surface area contributed by atoms with Crippen LogP contribution in [0.3, 0.4) is 0 Å². The zero-order chi connectivity index (χ0) is 19.2. The molecule has 3 rings (SSSR count). The Morgan fingerprint density at radius 2 is 1.78 bits per heavy atom. The number of hydrogen-bond donors (Lipinski definition) is 1. The summed E-state index contributed by atoms with van der Waals surface area (Å²) in [5.74, 6) is -1.37. The maximum atomic E-state index is 13.4. The van der Waals surface area contributed by atoms with Gasteiger partial charge in [-0.1, -0.05) is 18.2 Å². The molecule has 0 unspecified atom stereocenters. The largest absolute Gasteiger partial charge is 0.480 e. The molecule has 0 amide bonds. The van der Waals surface area contributed by atoms with Gasteiger partial charge in [0.15, 0.2) is 0 Å². The molecule has 1 aliphatic heterocycles. The van der Waals surface area contributed by atoms with Crippen LogP contribution in [0.5, 0.6) is 0 Å². The summed E-state index contributed by atoms with van der Waals surface area (Å²) in [6.45, 7) is 2.13. The zero-order valence-corrected chi connectivity index (χ0v) is 15.2. The predicted molar refractivity (Wildman–Crippen MR) is 101 cm³/mol. The van der Waals surface area contributed by atoms with Gasteiger partial charge in [-0.05, 0) is 55.2 Å². The number of hydrogen-bond acceptors (Lipinski definition) is 3. The van der Waals surface area contributed by atoms with E-state index in [0.717, 1.165) is 37.2 Å². The maximum absolute atomic E-state index is 13.4. The van der Waals surface area contributed by atoms with E-state index >= 15 is 0 Å². The van der Waals surface area contributed by atoms with Gasteiger partial charge in [0.2, 0.25) is 0 Å². The summed E-state index contributed by atoms with van der Waals surface area (Å²) in [7, 11) is 0. The topological polar surface area (TPSA) is 43.8 Å². The first kappa shape index (κ1) is 19.3. The second kappa shape index (κ2) is 8.95. The van der Waals surface area contributed by atoms with Gasteiger partial charge in [0.25, 0.3) is 0 Å². The first-order valence-corrected chi connectivity index (χ1v) is 9.22. The van der Waals surface area contributed by atoms with Crippen molar-refractivity contribution in [3.05, 3.63) is 65.7 Å². The molecule has 0 atom stereocenters. The molecule has 2 aromatic carbocycles. The lowest BCUT2D eigenvalue weighted by Crippen LogP contribution is -2.47. The van der Waals surface area contributed by atoms with E-state index in [1.807, 2.05) is 11.0 Å². The van der Waals surface area contributed by atoms with Crippen LogP contribution in [0.25, 0.3) is 0 Å². The summed E-state index contributed by atoms with van der Waals surface area (Å²) in [5, 5.41) is 9.27. The zero-order valence-electron chi connectivity index (χ0n) is 15.2. The number of piperidine rings is 1. The van der Waals surface area contributed by atoms with Gasteiger partial charge >= 0.3 is 5.97 Å². The van der Waals surface area contributed by atoms with E-state index in [1.165, 1.54) is 24.3 Å². The van der Waals surface area contributed by atoms with Crippen LogP contribution in [0.4, 0.5) is 14.5 Å². The third kappa shape index (κ3) is 5.50. The van der Waals surface area contributed by atoms with Crippen LogP contribution in [0.15, 0.2) is 48.5 Å². The minimum absolute atomic E-state index is 0.00811. The highest BCUT2D eigenvalue weighted by Crippen LogP contribution is 2.23. The fourth-order valence-electron chi connectivity index (χ4n) is 3.65. The van der Waals surface area contributed by atoms with Crippen LogP contribution in [0.1, 0.15) is 18.4 Å². The van der Waals surface area contributed by atoms with Crippen molar-refractivity contribution in [2.24, 2.45) is 0 Å². The fourth-order valence-corrected chi connectivity index (χ4v) is 3.65. The molecule has 1 heterocycles. The second-order valence-corrected chi connectivity index (χ2v) is 6.94. The van der Waals surface area contributed by atoms with Crippen molar-refractivity contribution in [1.29, 1.82) is 0 Å². The van der Waals surface area contributed by atoms with Crippen molar-refractivity contribution in [2.75, 3.05) is 31.1 Å². The molecule has 0 bridgehead atoms. The lowest BCUT2D eigenvalue weighted by Gasteiger charge is -2.39. The summed E-state index contributed by atoms with van der Waals surface area (Å²) in [6.07, 6.45) is 2.33. The molecule has 144 valence electrons. The van der Waals surface area contributed by atoms with E-state index in [4.69, 9.17) is 0 Å². The van der Waals surface area contributed by atoms with E-state index < -0.39 is 5.97 Å². The normalized spacial score (nSPS) is 15.3. The van der Waals surface area contributed by atoms with Crippen LogP contribution >= 0.6 is 0 Å². The minimum Gasteiger partial charge on any atom is -0.480 e. The van der Waals surface area contributed by atoms with Crippen molar-refractivity contribution in [3.63, 3.8) is 0 Å². The average molecular weight is 374 g/mol. The smallest absolute Gasteiger partial charge is 0.317 e. The Hall–Kier alpha value is -2.47. The van der Waals surface area contributed by atoms with Crippen LogP contribution in [-0.4, -0.2) is 48.2 Å². The van der Waals surface area contributed by atoms with E-state index in [1.54, 1.807) is 18.2 Å². The number of benzene rings is 2. The molecule has 1 aliphatic rings. The molecule has 0 aliphatic carbocycles. The highest BCUT2D eigenvalue weighted by atomic mass is 19.1. The highest BCUT2D eigenvalue weighted by Gasteiger charge is 2.26. The Morgan fingerprint density at radius 1 is 1.07 bits per heavy atom. The molecule has 0 radical (unpaired) electrons. The molecule has 1 fully saturated rings. The van der Waals surface area contributed by atoms with E-state index in [-0.39, 0.29) is 24.2 Å². The Balaban J connectivity index is 1.58. The summed E-state index contributed by atoms with van der Waals surface area (Å²) < 4.78 is 26.5. The number of nitrogens with zero attached hydrogens (tertiary/aromatic N) is 2. The number of rotatable bonds is 7. The number of carboxylic acids is 1. The van der Waals surface area contributed by atoms with Gasteiger partial charge in [0.1, 0.15) is 11.6 Å². The van der Waals surface area contributed by atoms with Gasteiger partial charge in [-0.25, -0.2) is 8.78 Å². The number of anilines is 1. The minimum atomic E-state index is -0.846. The molecule has 0 saturated carbocycles. The number of carboxylic acid groups (broad SMARTS) is 1. The fraction of sp³-hybridized carbons (Fsp3) is 0.381. The SMILES string of the molecule is O=C(O)CN(CCc1ccc(F)cc1)C1CCN(c2cccc(F)c2)CC1. The predicted octanol–water partition coefficient (Wildman–Crippen LogP) is 3.56. The van der Waals surface area contributed by atoms with Crippen molar-refractivity contribution in [3.8, 4) is 0 Å². The van der Waals surface area contributed by atoms with Crippen molar-refractivity contribution < 1.29 is 18.7 Å². The quantitative estimate of drug-likeness (QED) is 0.805. The monoisotopic (exact) mass is 374 g/mol. The Kier molecular flexibility index (Phi) is 6.40. The van der Waals surface area contributed by atoms with Gasteiger partial charge in [0.05, 0.1) is 6.54 Å². The number of carbonyl (C=O) groups is 1. The standard InChI is InChI=1S/C21H24F2N2O2/c22-17-6-4-16(5-7-17)8-11-25(15-21(26)27)19-9-12-24(13-10-19)20-3-1-2-18(23)14-20/h1-7,14,19H,8-13,15H2,(H,26,27). The summed E-state index contributed by atoms with van der Waals surface area (Å²) in [6, 6.07) is 13.1. The van der Waals surface area contributed by atoms with Gasteiger partial charge in [0, 0.05) is 31.4 Å². The molecule has 1 N–H and O–H groups in total. The molecule has 2 aromatic rings. The lowest BCUT2D eigenvalue weighted by atomic mass is 10.0. The van der Waals surface area contributed by atoms with Crippen LogP contribution in [0.2, 0.25) is 0 Å². The summed E-state index contributed by atoms with van der Waals surface area (Å²) >= 11 is 0. The molecule has 0 aromatic heterocycles. The highest BCUT2D eigenvalue weighted by molar-refractivity contribution is 5.69. The van der Waals surface area contributed by atoms with Gasteiger partial charge in [-0.3, -0.25) is 9.69 Å². The molecular weight excluding hydrogens is 350 g/mol. The van der Waals surface area contributed by atoms with Crippen molar-refractivity contribution >= 4 is 11.7 Å². The third-order valence-electron chi connectivity index (χ3n) is 5.09. The summed E-state index contributed by atoms with van der Waals surface area (Å²) in [5.41, 5.74) is 1.86. The number of halogens is 2. The number of aliphatic carboxylic acids is 1. The average Bonchev–Trinajstić information content (AvgIpc) is 2.66. The first-order chi connectivity index (χ1) is 13.0. The van der Waals surface area contributed by atoms with Gasteiger partial charge in [-0.2, -0.15) is 0 Å². The third-order valence-corrected chi connectivity index (χ3v) is 5.09. The van der Waals surface area contributed by atoms with E-state index in [9.17, 15) is 18.7 Å². The van der Waals surface area contributed by atoms with Crippen LogP contribution < -0.4 is 4.90 Å². The molecule has 1 saturated heterocycles. The molecule has 6 heteroatoms. The van der Waals surface area contributed by atoms with Gasteiger partial charge in [-0.15, -0.1) is 0 Å². The molecule has 0 spiro atoms. The first-order valence-electron chi connectivity index (χ1n) is 9.22. The Labute approximate surface area is 158 Å². The molecular formula is C21H24F2N2O2. The maximum Gasteiger partial charge on any atom is 0.317 e. The van der Waals surface area contributed by atoms with Crippen LogP contribution in [-0.2, 0) is 11.2 Å². The van der Waals surface area contributed by atoms with Gasteiger partial charge < -0.3 is 10.0 Å².